The van der Waals surface area contributed by atoms with Gasteiger partial charge in [0.15, 0.2) is 0 Å². The highest BCUT2D eigenvalue weighted by Gasteiger charge is 2.05. The molecule has 4 heteroatoms. The third kappa shape index (κ3) is 6.09. The smallest absolute Gasteiger partial charge is 0.246 e. The maximum absolute atomic E-state index is 12.3. The average Bonchev–Trinajstić information content (AvgIpc) is 2.76. The van der Waals surface area contributed by atoms with Crippen molar-refractivity contribution in [3.05, 3.63) is 102 Å². The first kappa shape index (κ1) is 19.4. The molecule has 4 nitrogen and oxygen atoms in total. The van der Waals surface area contributed by atoms with E-state index in [2.05, 4.69) is 4.98 Å². The Hall–Kier alpha value is -3.40. The molecule has 0 spiro atoms. The fourth-order valence-electron chi connectivity index (χ4n) is 2.67. The number of likely N-dealkylation sites (N-methyl/N-ethyl adjacent to an activating group) is 1. The number of carbonyl (C=O) groups excluding carboxylic acids is 1. The van der Waals surface area contributed by atoms with Crippen LogP contribution < -0.4 is 4.74 Å². The molecule has 0 aliphatic rings. The van der Waals surface area contributed by atoms with E-state index in [-0.39, 0.29) is 5.91 Å². The van der Waals surface area contributed by atoms with E-state index in [4.69, 9.17) is 4.74 Å². The molecule has 0 radical (unpaired) electrons. The summed E-state index contributed by atoms with van der Waals surface area (Å²) in [5.74, 6) is 0.792. The number of amides is 1. The molecule has 0 fully saturated rings. The summed E-state index contributed by atoms with van der Waals surface area (Å²) in [4.78, 5) is 18.0. The van der Waals surface area contributed by atoms with Gasteiger partial charge >= 0.3 is 0 Å². The van der Waals surface area contributed by atoms with Gasteiger partial charge in [0.2, 0.25) is 5.91 Å². The van der Waals surface area contributed by atoms with Crippen molar-refractivity contribution >= 4 is 12.0 Å². The Morgan fingerprint density at radius 3 is 2.39 bits per heavy atom. The highest BCUT2D eigenvalue weighted by Crippen LogP contribution is 2.15. The third-order valence-electron chi connectivity index (χ3n) is 4.41. The summed E-state index contributed by atoms with van der Waals surface area (Å²) in [5, 5.41) is 0. The number of rotatable bonds is 8. The summed E-state index contributed by atoms with van der Waals surface area (Å²) in [6.45, 7) is 1.20. The molecule has 2 aromatic carbocycles. The van der Waals surface area contributed by atoms with Crippen LogP contribution in [0.5, 0.6) is 5.75 Å². The molecule has 1 amide bonds. The Labute approximate surface area is 166 Å². The van der Waals surface area contributed by atoms with Crippen LogP contribution in [0.3, 0.4) is 0 Å². The summed E-state index contributed by atoms with van der Waals surface area (Å²) in [6.07, 6.45) is 7.78. The van der Waals surface area contributed by atoms with Crippen molar-refractivity contribution in [1.82, 2.24) is 9.88 Å². The number of carbonyl (C=O) groups is 1. The lowest BCUT2D eigenvalue weighted by Crippen LogP contribution is -2.27. The van der Waals surface area contributed by atoms with Gasteiger partial charge in [0.1, 0.15) is 12.4 Å². The first-order valence-corrected chi connectivity index (χ1v) is 9.29. The van der Waals surface area contributed by atoms with Crippen LogP contribution in [0, 0.1) is 0 Å². The van der Waals surface area contributed by atoms with Gasteiger partial charge in [-0.05, 0) is 53.5 Å². The van der Waals surface area contributed by atoms with E-state index in [1.165, 1.54) is 5.56 Å². The second-order valence-corrected chi connectivity index (χ2v) is 6.54. The van der Waals surface area contributed by atoms with Crippen LogP contribution in [0.15, 0.2) is 85.2 Å². The minimum atomic E-state index is -0.0153. The van der Waals surface area contributed by atoms with Crippen molar-refractivity contribution in [3.8, 4) is 5.75 Å². The van der Waals surface area contributed by atoms with Crippen LogP contribution in [0.2, 0.25) is 0 Å². The first-order chi connectivity index (χ1) is 13.7. The van der Waals surface area contributed by atoms with Crippen molar-refractivity contribution < 1.29 is 9.53 Å². The van der Waals surface area contributed by atoms with Crippen LogP contribution in [0.1, 0.15) is 16.7 Å². The monoisotopic (exact) mass is 372 g/mol. The fraction of sp³-hybridized carbons (Fsp3) is 0.167. The summed E-state index contributed by atoms with van der Waals surface area (Å²) < 4.78 is 5.78. The van der Waals surface area contributed by atoms with E-state index in [0.717, 1.165) is 23.3 Å². The van der Waals surface area contributed by atoms with Gasteiger partial charge in [-0.25, -0.2) is 0 Å². The lowest BCUT2D eigenvalue weighted by molar-refractivity contribution is -0.124. The molecule has 142 valence electrons. The zero-order valence-electron chi connectivity index (χ0n) is 16.0. The highest BCUT2D eigenvalue weighted by atomic mass is 16.5. The van der Waals surface area contributed by atoms with Crippen LogP contribution in [0.4, 0.5) is 0 Å². The molecular formula is C24H24N2O2. The number of aromatic nitrogens is 1. The molecule has 28 heavy (non-hydrogen) atoms. The first-order valence-electron chi connectivity index (χ1n) is 9.29. The van der Waals surface area contributed by atoms with E-state index in [1.807, 2.05) is 79.9 Å². The van der Waals surface area contributed by atoms with Crippen LogP contribution >= 0.6 is 0 Å². The number of hydrogen-bond donors (Lipinski definition) is 0. The minimum absolute atomic E-state index is 0.0153. The Morgan fingerprint density at radius 2 is 1.68 bits per heavy atom. The second-order valence-electron chi connectivity index (χ2n) is 6.54. The number of benzene rings is 2. The van der Waals surface area contributed by atoms with E-state index < -0.39 is 0 Å². The third-order valence-corrected chi connectivity index (χ3v) is 4.41. The predicted octanol–water partition coefficient (Wildman–Crippen LogP) is 4.37. The van der Waals surface area contributed by atoms with E-state index in [1.54, 1.807) is 23.4 Å². The minimum Gasteiger partial charge on any atom is -0.489 e. The maximum Gasteiger partial charge on any atom is 0.246 e. The van der Waals surface area contributed by atoms with Crippen LogP contribution in [-0.4, -0.2) is 29.4 Å². The quantitative estimate of drug-likeness (QED) is 0.551. The molecule has 1 heterocycles. The molecule has 0 bridgehead atoms. The van der Waals surface area contributed by atoms with Gasteiger partial charge in [0.25, 0.3) is 0 Å². The molecule has 0 N–H and O–H groups in total. The van der Waals surface area contributed by atoms with Gasteiger partial charge in [-0.3, -0.25) is 9.78 Å². The summed E-state index contributed by atoms with van der Waals surface area (Å²) in [5.41, 5.74) is 3.26. The SMILES string of the molecule is CN(CCc1ccncc1)C(=O)/C=C/c1ccc(OCc2ccccc2)cc1. The van der Waals surface area contributed by atoms with Crippen LogP contribution in [0.25, 0.3) is 6.08 Å². The molecule has 0 saturated heterocycles. The molecule has 0 aliphatic carbocycles. The molecular weight excluding hydrogens is 348 g/mol. The van der Waals surface area contributed by atoms with Gasteiger partial charge in [0.05, 0.1) is 0 Å². The van der Waals surface area contributed by atoms with Crippen molar-refractivity contribution in [2.75, 3.05) is 13.6 Å². The lowest BCUT2D eigenvalue weighted by Gasteiger charge is -2.14. The second kappa shape index (κ2) is 10.1. The summed E-state index contributed by atoms with van der Waals surface area (Å²) >= 11 is 0. The number of hydrogen-bond acceptors (Lipinski definition) is 3. The molecule has 0 atom stereocenters. The lowest BCUT2D eigenvalue weighted by atomic mass is 10.2. The van der Waals surface area contributed by atoms with Crippen LogP contribution in [-0.2, 0) is 17.8 Å². The summed E-state index contributed by atoms with van der Waals surface area (Å²) in [6, 6.07) is 21.7. The highest BCUT2D eigenvalue weighted by molar-refractivity contribution is 5.91. The van der Waals surface area contributed by atoms with Gasteiger partial charge < -0.3 is 9.64 Å². The average molecular weight is 372 g/mol. The Morgan fingerprint density at radius 1 is 0.964 bits per heavy atom. The van der Waals surface area contributed by atoms with Crippen molar-refractivity contribution in [2.45, 2.75) is 13.0 Å². The van der Waals surface area contributed by atoms with Gasteiger partial charge in [-0.2, -0.15) is 0 Å². The Kier molecular flexibility index (Phi) is 6.96. The topological polar surface area (TPSA) is 42.4 Å². The zero-order valence-corrected chi connectivity index (χ0v) is 16.0. The van der Waals surface area contributed by atoms with E-state index >= 15 is 0 Å². The Bertz CT molecular complexity index is 891. The number of ether oxygens (including phenoxy) is 1. The molecule has 0 saturated carbocycles. The van der Waals surface area contributed by atoms with Gasteiger partial charge in [-0.1, -0.05) is 42.5 Å². The molecule has 0 unspecified atom stereocenters. The maximum atomic E-state index is 12.3. The van der Waals surface area contributed by atoms with E-state index in [0.29, 0.717) is 13.2 Å². The molecule has 1 aromatic heterocycles. The molecule has 3 rings (SSSR count). The number of nitrogens with zero attached hydrogens (tertiary/aromatic N) is 2. The van der Waals surface area contributed by atoms with E-state index in [9.17, 15) is 4.79 Å². The largest absolute Gasteiger partial charge is 0.489 e. The predicted molar refractivity (Wildman–Crippen MR) is 112 cm³/mol. The Balaban J connectivity index is 1.47. The standard InChI is InChI=1S/C24H24N2O2/c1-26(18-15-21-13-16-25-17-14-21)24(27)12-9-20-7-10-23(11-8-20)28-19-22-5-3-2-4-6-22/h2-14,16-17H,15,18-19H2,1H3/b12-9+. The normalized spacial score (nSPS) is 10.8. The number of pyridine rings is 1. The van der Waals surface area contributed by atoms with Crippen molar-refractivity contribution in [3.63, 3.8) is 0 Å². The van der Waals surface area contributed by atoms with Gasteiger partial charge in [-0.15, -0.1) is 0 Å². The summed E-state index contributed by atoms with van der Waals surface area (Å²) in [7, 11) is 1.81. The van der Waals surface area contributed by atoms with Crippen molar-refractivity contribution in [2.24, 2.45) is 0 Å². The van der Waals surface area contributed by atoms with Gasteiger partial charge in [0, 0.05) is 32.1 Å². The zero-order chi connectivity index (χ0) is 19.6. The van der Waals surface area contributed by atoms with Crippen molar-refractivity contribution in [1.29, 1.82) is 0 Å². The molecule has 0 aliphatic heterocycles. The fourth-order valence-corrected chi connectivity index (χ4v) is 2.67. The molecule has 3 aromatic rings.